The van der Waals surface area contributed by atoms with Gasteiger partial charge in [-0.15, -0.1) is 0 Å². The zero-order valence-corrected chi connectivity index (χ0v) is 13.3. The summed E-state index contributed by atoms with van der Waals surface area (Å²) in [6, 6.07) is 4.15. The molecule has 1 aliphatic rings. The number of hydrogen-bond donors (Lipinski definition) is 1. The Labute approximate surface area is 128 Å². The van der Waals surface area contributed by atoms with Gasteiger partial charge in [0.25, 0.3) is 0 Å². The van der Waals surface area contributed by atoms with Crippen LogP contribution in [0, 0.1) is 6.92 Å². The number of benzene rings is 1. The van der Waals surface area contributed by atoms with E-state index in [-0.39, 0.29) is 0 Å². The average molecular weight is 305 g/mol. The van der Waals surface area contributed by atoms with Gasteiger partial charge in [-0.1, -0.05) is 0 Å². The highest BCUT2D eigenvalue weighted by Crippen LogP contribution is 2.37. The fourth-order valence-corrected chi connectivity index (χ4v) is 3.52. The quantitative estimate of drug-likeness (QED) is 0.944. The van der Waals surface area contributed by atoms with Crippen LogP contribution in [0.3, 0.4) is 0 Å². The van der Waals surface area contributed by atoms with Gasteiger partial charge in [0, 0.05) is 18.7 Å². The van der Waals surface area contributed by atoms with Crippen molar-refractivity contribution in [2.75, 3.05) is 31.4 Å². The molecule has 0 saturated heterocycles. The lowest BCUT2D eigenvalue weighted by atomic mass is 9.99. The molecule has 6 heteroatoms. The van der Waals surface area contributed by atoms with Gasteiger partial charge < -0.3 is 20.1 Å². The number of fused-ring (bicyclic) bond motifs is 1. The summed E-state index contributed by atoms with van der Waals surface area (Å²) in [5, 5.41) is 1.16. The lowest BCUT2D eigenvalue weighted by Crippen LogP contribution is -2.30. The molecule has 5 nitrogen and oxygen atoms in total. The van der Waals surface area contributed by atoms with E-state index >= 15 is 0 Å². The molecule has 0 fully saturated rings. The predicted octanol–water partition coefficient (Wildman–Crippen LogP) is 2.61. The van der Waals surface area contributed by atoms with Crippen LogP contribution in [0.5, 0.6) is 11.5 Å². The van der Waals surface area contributed by atoms with Crippen LogP contribution in [0.2, 0.25) is 0 Å². The monoisotopic (exact) mass is 305 g/mol. The van der Waals surface area contributed by atoms with E-state index in [1.165, 1.54) is 22.7 Å². The minimum atomic E-state index is 0.633. The van der Waals surface area contributed by atoms with Crippen molar-refractivity contribution in [3.05, 3.63) is 28.8 Å². The Morgan fingerprint density at radius 2 is 1.86 bits per heavy atom. The lowest BCUT2D eigenvalue weighted by Gasteiger charge is -2.30. The van der Waals surface area contributed by atoms with E-state index in [0.717, 1.165) is 41.6 Å². The molecule has 0 saturated carbocycles. The van der Waals surface area contributed by atoms with E-state index in [2.05, 4.69) is 21.4 Å². The molecule has 0 bridgehead atoms. The molecule has 2 heterocycles. The van der Waals surface area contributed by atoms with E-state index in [9.17, 15) is 0 Å². The maximum absolute atomic E-state index is 5.86. The highest BCUT2D eigenvalue weighted by atomic mass is 32.1. The number of nitrogens with zero attached hydrogens (tertiary/aromatic N) is 2. The molecule has 21 heavy (non-hydrogen) atoms. The third-order valence-corrected chi connectivity index (χ3v) is 4.97. The summed E-state index contributed by atoms with van der Waals surface area (Å²) in [5.41, 5.74) is 9.52. The summed E-state index contributed by atoms with van der Waals surface area (Å²) in [6.45, 7) is 3.83. The van der Waals surface area contributed by atoms with Crippen LogP contribution in [0.25, 0.3) is 0 Å². The van der Waals surface area contributed by atoms with Crippen LogP contribution in [-0.4, -0.2) is 25.1 Å². The topological polar surface area (TPSA) is 60.6 Å². The summed E-state index contributed by atoms with van der Waals surface area (Å²) < 4.78 is 15.0. The molecule has 1 aromatic heterocycles. The highest BCUT2D eigenvalue weighted by Gasteiger charge is 2.22. The van der Waals surface area contributed by atoms with Gasteiger partial charge in [-0.05, 0) is 48.1 Å². The minimum Gasteiger partial charge on any atom is -0.493 e. The third-order valence-electron chi connectivity index (χ3n) is 3.94. The van der Waals surface area contributed by atoms with E-state index in [4.69, 9.17) is 15.2 Å². The second-order valence-electron chi connectivity index (χ2n) is 5.15. The van der Waals surface area contributed by atoms with Crippen molar-refractivity contribution in [3.63, 3.8) is 0 Å². The van der Waals surface area contributed by atoms with Gasteiger partial charge in [-0.3, -0.25) is 0 Å². The van der Waals surface area contributed by atoms with Gasteiger partial charge in [0.1, 0.15) is 10.8 Å². The van der Waals surface area contributed by atoms with Gasteiger partial charge in [-0.25, -0.2) is 0 Å². The van der Waals surface area contributed by atoms with E-state index < -0.39 is 0 Å². The Kier molecular flexibility index (Phi) is 3.63. The van der Waals surface area contributed by atoms with Crippen molar-refractivity contribution in [1.82, 2.24) is 4.37 Å². The number of anilines is 2. The van der Waals surface area contributed by atoms with Crippen molar-refractivity contribution in [2.45, 2.75) is 19.9 Å². The van der Waals surface area contributed by atoms with E-state index in [1.807, 2.05) is 6.92 Å². The SMILES string of the molecule is COc1cc2c(cc1OC)CN(c1snc(N)c1C)CC2. The highest BCUT2D eigenvalue weighted by molar-refractivity contribution is 7.10. The van der Waals surface area contributed by atoms with Gasteiger partial charge in [0.15, 0.2) is 11.5 Å². The van der Waals surface area contributed by atoms with Crippen molar-refractivity contribution < 1.29 is 9.47 Å². The van der Waals surface area contributed by atoms with E-state index in [1.54, 1.807) is 14.2 Å². The molecule has 0 spiro atoms. The Morgan fingerprint density at radius 3 is 2.43 bits per heavy atom. The summed E-state index contributed by atoms with van der Waals surface area (Å²) in [4.78, 5) is 2.33. The molecule has 2 N–H and O–H groups in total. The van der Waals surface area contributed by atoms with Crippen LogP contribution in [0.4, 0.5) is 10.8 Å². The summed E-state index contributed by atoms with van der Waals surface area (Å²) >= 11 is 1.47. The maximum atomic E-state index is 5.86. The van der Waals surface area contributed by atoms with E-state index in [0.29, 0.717) is 5.82 Å². The maximum Gasteiger partial charge on any atom is 0.161 e. The average Bonchev–Trinajstić information content (AvgIpc) is 2.85. The molecule has 0 amide bonds. The van der Waals surface area contributed by atoms with Gasteiger partial charge in [0.2, 0.25) is 0 Å². The fraction of sp³-hybridized carbons (Fsp3) is 0.400. The van der Waals surface area contributed by atoms with Crippen LogP contribution in [0.1, 0.15) is 16.7 Å². The molecule has 2 aromatic rings. The van der Waals surface area contributed by atoms with Crippen molar-refractivity contribution in [3.8, 4) is 11.5 Å². The fourth-order valence-electron chi connectivity index (χ4n) is 2.69. The largest absolute Gasteiger partial charge is 0.493 e. The third kappa shape index (κ3) is 2.40. The molecule has 1 aromatic carbocycles. The number of nitrogens with two attached hydrogens (primary N) is 1. The number of rotatable bonds is 3. The first kappa shape index (κ1) is 14.0. The second kappa shape index (κ2) is 5.44. The standard InChI is InChI=1S/C15H19N3O2S/c1-9-14(16)17-21-15(9)18-5-4-10-6-12(19-2)13(20-3)7-11(10)8-18/h6-7H,4-5,8H2,1-3H3,(H2,16,17). The lowest BCUT2D eigenvalue weighted by molar-refractivity contribution is 0.353. The number of methoxy groups -OCH3 is 2. The van der Waals surface area contributed by atoms with Crippen molar-refractivity contribution >= 4 is 22.4 Å². The number of nitrogen functional groups attached to an aromatic ring is 1. The Hall–Kier alpha value is -1.95. The molecule has 0 radical (unpaired) electrons. The first-order chi connectivity index (χ1) is 10.1. The number of hydrogen-bond acceptors (Lipinski definition) is 6. The van der Waals surface area contributed by atoms with Crippen LogP contribution in [0.15, 0.2) is 12.1 Å². The Bertz CT molecular complexity index is 669. The van der Waals surface area contributed by atoms with Crippen LogP contribution in [-0.2, 0) is 13.0 Å². The number of aromatic nitrogens is 1. The summed E-state index contributed by atoms with van der Waals surface area (Å²) in [7, 11) is 3.34. The first-order valence-electron chi connectivity index (χ1n) is 6.84. The zero-order chi connectivity index (χ0) is 15.0. The van der Waals surface area contributed by atoms with Gasteiger partial charge in [0.05, 0.1) is 14.2 Å². The summed E-state index contributed by atoms with van der Waals surface area (Å²) in [5.74, 6) is 2.20. The first-order valence-corrected chi connectivity index (χ1v) is 7.61. The zero-order valence-electron chi connectivity index (χ0n) is 12.5. The van der Waals surface area contributed by atoms with Crippen molar-refractivity contribution in [2.24, 2.45) is 0 Å². The second-order valence-corrected chi connectivity index (χ2v) is 5.90. The van der Waals surface area contributed by atoms with Crippen LogP contribution < -0.4 is 20.1 Å². The molecule has 1 aliphatic heterocycles. The van der Waals surface area contributed by atoms with Crippen molar-refractivity contribution in [1.29, 1.82) is 0 Å². The van der Waals surface area contributed by atoms with Gasteiger partial charge in [-0.2, -0.15) is 4.37 Å². The molecular formula is C15H19N3O2S. The predicted molar refractivity (Wildman–Crippen MR) is 85.6 cm³/mol. The molecule has 3 rings (SSSR count). The molecule has 0 aliphatic carbocycles. The Morgan fingerprint density at radius 1 is 1.19 bits per heavy atom. The summed E-state index contributed by atoms with van der Waals surface area (Å²) in [6.07, 6.45) is 0.979. The van der Waals surface area contributed by atoms with Crippen LogP contribution >= 0.6 is 11.5 Å². The molecule has 0 unspecified atom stereocenters. The smallest absolute Gasteiger partial charge is 0.161 e. The normalized spacial score (nSPS) is 14.0. The molecular weight excluding hydrogens is 286 g/mol. The molecule has 0 atom stereocenters. The minimum absolute atomic E-state index is 0.633. The number of ether oxygens (including phenoxy) is 2. The molecule has 112 valence electrons. The Balaban J connectivity index is 1.93. The van der Waals surface area contributed by atoms with Gasteiger partial charge >= 0.3 is 0 Å².